The largest absolute Gasteiger partial charge is 0.416 e. The molecular formula is C27H18ClF3N6O. The second-order valence-electron chi connectivity index (χ2n) is 8.44. The summed E-state index contributed by atoms with van der Waals surface area (Å²) in [6.07, 6.45) is 1.56. The number of halogens is 4. The molecule has 0 aliphatic rings. The zero-order chi connectivity index (χ0) is 26.9. The summed E-state index contributed by atoms with van der Waals surface area (Å²) in [7, 11) is 0. The Hall–Kier alpha value is -4.62. The molecule has 0 bridgehead atoms. The number of rotatable bonds is 4. The van der Waals surface area contributed by atoms with Crippen LogP contribution < -0.4 is 5.32 Å². The van der Waals surface area contributed by atoms with Crippen molar-refractivity contribution in [1.29, 1.82) is 0 Å². The molecule has 0 spiro atoms. The number of pyridine rings is 1. The number of alkyl halides is 3. The Morgan fingerprint density at radius 1 is 1.08 bits per heavy atom. The van der Waals surface area contributed by atoms with Gasteiger partial charge in [-0.15, -0.1) is 10.2 Å². The van der Waals surface area contributed by atoms with Crippen molar-refractivity contribution in [2.45, 2.75) is 19.6 Å². The van der Waals surface area contributed by atoms with E-state index in [4.69, 9.17) is 11.6 Å². The van der Waals surface area contributed by atoms with E-state index in [0.717, 1.165) is 11.6 Å². The summed E-state index contributed by atoms with van der Waals surface area (Å²) in [6.45, 7) is 1.83. The van der Waals surface area contributed by atoms with E-state index in [-0.39, 0.29) is 23.4 Å². The van der Waals surface area contributed by atoms with Crippen LogP contribution in [0.5, 0.6) is 0 Å². The average Bonchev–Trinajstić information content (AvgIpc) is 3.53. The third-order valence-corrected chi connectivity index (χ3v) is 5.98. The minimum absolute atomic E-state index is 0.00337. The maximum atomic E-state index is 13.8. The number of carbonyl (C=O) groups excluding carboxylic acids is 1. The SMILES string of the molecule is Cc1ccc(C(=O)Nc2ccc(Cn3ccnc3)c(C(F)(F)F)c2)cc1C#Cc1nnc2ccc(Cl)cn12. The van der Waals surface area contributed by atoms with Crippen LogP contribution >= 0.6 is 11.6 Å². The van der Waals surface area contributed by atoms with Crippen molar-refractivity contribution in [3.8, 4) is 11.8 Å². The maximum Gasteiger partial charge on any atom is 0.416 e. The number of hydrogen-bond donors (Lipinski definition) is 1. The number of amides is 1. The van der Waals surface area contributed by atoms with Crippen molar-refractivity contribution in [2.75, 3.05) is 5.32 Å². The van der Waals surface area contributed by atoms with E-state index in [9.17, 15) is 18.0 Å². The fraction of sp³-hybridized carbons (Fsp3) is 0.111. The number of hydrogen-bond acceptors (Lipinski definition) is 4. The quantitative estimate of drug-likeness (QED) is 0.304. The molecule has 7 nitrogen and oxygen atoms in total. The van der Waals surface area contributed by atoms with Crippen LogP contribution in [-0.2, 0) is 12.7 Å². The molecule has 1 N–H and O–H groups in total. The first-order valence-corrected chi connectivity index (χ1v) is 11.7. The lowest BCUT2D eigenvalue weighted by atomic mass is 10.0. The average molecular weight is 535 g/mol. The molecule has 0 radical (unpaired) electrons. The molecule has 38 heavy (non-hydrogen) atoms. The molecule has 2 aromatic carbocycles. The van der Waals surface area contributed by atoms with Crippen LogP contribution in [0.25, 0.3) is 5.65 Å². The van der Waals surface area contributed by atoms with E-state index in [1.807, 2.05) is 6.92 Å². The van der Waals surface area contributed by atoms with Gasteiger partial charge >= 0.3 is 6.18 Å². The van der Waals surface area contributed by atoms with E-state index >= 15 is 0 Å². The van der Waals surface area contributed by atoms with Crippen LogP contribution in [-0.4, -0.2) is 30.1 Å². The molecule has 5 rings (SSSR count). The van der Waals surface area contributed by atoms with Gasteiger partial charge in [-0.2, -0.15) is 13.2 Å². The van der Waals surface area contributed by atoms with E-state index < -0.39 is 17.6 Å². The Balaban J connectivity index is 1.39. The van der Waals surface area contributed by atoms with Gasteiger partial charge in [-0.3, -0.25) is 9.20 Å². The minimum Gasteiger partial charge on any atom is -0.333 e. The van der Waals surface area contributed by atoms with Crippen LogP contribution in [0.3, 0.4) is 0 Å². The summed E-state index contributed by atoms with van der Waals surface area (Å²) in [5.74, 6) is 5.73. The Labute approximate surface area is 219 Å². The first-order valence-electron chi connectivity index (χ1n) is 11.3. The lowest BCUT2D eigenvalue weighted by Crippen LogP contribution is -2.15. The molecule has 0 aliphatic heterocycles. The highest BCUT2D eigenvalue weighted by molar-refractivity contribution is 6.30. The molecule has 3 heterocycles. The van der Waals surface area contributed by atoms with Crippen molar-refractivity contribution in [3.63, 3.8) is 0 Å². The van der Waals surface area contributed by atoms with E-state index in [2.05, 4.69) is 32.3 Å². The van der Waals surface area contributed by atoms with Crippen LogP contribution in [0.1, 0.15) is 38.4 Å². The predicted octanol–water partition coefficient (Wildman–Crippen LogP) is 5.61. The second kappa shape index (κ2) is 10.0. The fourth-order valence-electron chi connectivity index (χ4n) is 3.81. The standard InChI is InChI=1S/C27H18ClF3N6O/c1-17-2-3-19(12-18(17)5-8-24-34-35-25-9-6-21(28)15-37(24)25)26(38)33-22-7-4-20(14-36-11-10-32-16-36)23(13-22)27(29,30)31/h2-4,6-7,9-13,15-16H,14H2,1H3,(H,33,38). The first-order chi connectivity index (χ1) is 18.2. The van der Waals surface area contributed by atoms with E-state index in [0.29, 0.717) is 22.1 Å². The van der Waals surface area contributed by atoms with Crippen molar-refractivity contribution < 1.29 is 18.0 Å². The van der Waals surface area contributed by atoms with Gasteiger partial charge in [-0.25, -0.2) is 4.98 Å². The molecule has 0 unspecified atom stereocenters. The minimum atomic E-state index is -4.60. The lowest BCUT2D eigenvalue weighted by Gasteiger charge is -2.15. The Morgan fingerprint density at radius 2 is 1.92 bits per heavy atom. The highest BCUT2D eigenvalue weighted by atomic mass is 35.5. The number of anilines is 1. The van der Waals surface area contributed by atoms with Gasteiger partial charge in [0.25, 0.3) is 5.91 Å². The monoisotopic (exact) mass is 534 g/mol. The van der Waals surface area contributed by atoms with Crippen LogP contribution in [0.2, 0.25) is 5.02 Å². The van der Waals surface area contributed by atoms with Crippen molar-refractivity contribution in [2.24, 2.45) is 0 Å². The third-order valence-electron chi connectivity index (χ3n) is 5.76. The number of imidazole rings is 1. The Bertz CT molecular complexity index is 1710. The Kier molecular flexibility index (Phi) is 6.61. The predicted molar refractivity (Wildman–Crippen MR) is 136 cm³/mol. The normalized spacial score (nSPS) is 11.3. The topological polar surface area (TPSA) is 77.1 Å². The van der Waals surface area contributed by atoms with E-state index in [1.54, 1.807) is 47.1 Å². The van der Waals surface area contributed by atoms with Crippen LogP contribution in [0, 0.1) is 18.8 Å². The summed E-state index contributed by atoms with van der Waals surface area (Å²) >= 11 is 6.05. The van der Waals surface area contributed by atoms with Crippen molar-refractivity contribution >= 4 is 28.8 Å². The highest BCUT2D eigenvalue weighted by Crippen LogP contribution is 2.34. The van der Waals surface area contributed by atoms with Crippen molar-refractivity contribution in [1.82, 2.24) is 24.1 Å². The van der Waals surface area contributed by atoms with Gasteiger partial charge in [0.05, 0.1) is 16.9 Å². The molecule has 0 saturated carbocycles. The summed E-state index contributed by atoms with van der Waals surface area (Å²) in [6, 6.07) is 12.0. The molecule has 5 aromatic rings. The van der Waals surface area contributed by atoms with Crippen molar-refractivity contribution in [3.05, 3.63) is 112 Å². The molecule has 0 aliphatic carbocycles. The third kappa shape index (κ3) is 5.38. The second-order valence-corrected chi connectivity index (χ2v) is 8.87. The summed E-state index contributed by atoms with van der Waals surface area (Å²) in [4.78, 5) is 16.8. The number of fused-ring (bicyclic) bond motifs is 1. The molecule has 3 aromatic heterocycles. The summed E-state index contributed by atoms with van der Waals surface area (Å²) < 4.78 is 44.5. The molecule has 0 fully saturated rings. The smallest absolute Gasteiger partial charge is 0.333 e. The van der Waals surface area contributed by atoms with Crippen LogP contribution in [0.15, 0.2) is 73.4 Å². The zero-order valence-electron chi connectivity index (χ0n) is 19.8. The molecular weight excluding hydrogens is 517 g/mol. The Morgan fingerprint density at radius 3 is 2.68 bits per heavy atom. The molecule has 11 heteroatoms. The zero-order valence-corrected chi connectivity index (χ0v) is 20.5. The lowest BCUT2D eigenvalue weighted by molar-refractivity contribution is -0.138. The van der Waals surface area contributed by atoms with Gasteiger partial charge < -0.3 is 9.88 Å². The summed E-state index contributed by atoms with van der Waals surface area (Å²) in [5.41, 5.74) is 1.44. The molecule has 1 amide bonds. The van der Waals surface area contributed by atoms with Gasteiger partial charge in [-0.05, 0) is 60.4 Å². The highest BCUT2D eigenvalue weighted by Gasteiger charge is 2.33. The maximum absolute atomic E-state index is 13.8. The number of nitrogens with one attached hydrogen (secondary N) is 1. The number of nitrogens with zero attached hydrogens (tertiary/aromatic N) is 5. The molecule has 190 valence electrons. The van der Waals surface area contributed by atoms with Gasteiger partial charge in [0, 0.05) is 41.9 Å². The number of benzene rings is 2. The first kappa shape index (κ1) is 25.0. The van der Waals surface area contributed by atoms with Gasteiger partial charge in [0.15, 0.2) is 5.65 Å². The number of carbonyl (C=O) groups is 1. The molecule has 0 atom stereocenters. The van der Waals surface area contributed by atoms with Gasteiger partial charge in [0.2, 0.25) is 5.82 Å². The number of aromatic nitrogens is 5. The van der Waals surface area contributed by atoms with Crippen LogP contribution in [0.4, 0.5) is 18.9 Å². The molecule has 0 saturated heterocycles. The van der Waals surface area contributed by atoms with Gasteiger partial charge in [-0.1, -0.05) is 29.7 Å². The number of aryl methyl sites for hydroxylation is 1. The van der Waals surface area contributed by atoms with E-state index in [1.165, 1.54) is 29.2 Å². The van der Waals surface area contributed by atoms with Gasteiger partial charge in [0.1, 0.15) is 0 Å². The fourth-order valence-corrected chi connectivity index (χ4v) is 3.97. The summed E-state index contributed by atoms with van der Waals surface area (Å²) in [5, 5.41) is 11.2.